The number of anilines is 1. The summed E-state index contributed by atoms with van der Waals surface area (Å²) >= 11 is 0. The fourth-order valence-corrected chi connectivity index (χ4v) is 2.09. The van der Waals surface area contributed by atoms with E-state index in [1.54, 1.807) is 23.1 Å². The maximum absolute atomic E-state index is 12.1. The molecule has 1 heterocycles. The van der Waals surface area contributed by atoms with Crippen LogP contribution in [0.25, 0.3) is 0 Å². The van der Waals surface area contributed by atoms with Gasteiger partial charge in [0.05, 0.1) is 24.9 Å². The second-order valence-corrected chi connectivity index (χ2v) is 5.41. The molecule has 0 radical (unpaired) electrons. The third-order valence-electron chi connectivity index (χ3n) is 3.42. The summed E-state index contributed by atoms with van der Waals surface area (Å²) in [5.41, 5.74) is 1.81. The van der Waals surface area contributed by atoms with Crippen LogP contribution in [0.5, 0.6) is 0 Å². The number of carbonyl (C=O) groups excluding carboxylic acids is 2. The van der Waals surface area contributed by atoms with E-state index in [2.05, 4.69) is 15.4 Å². The predicted octanol–water partition coefficient (Wildman–Crippen LogP) is 2.22. The molecule has 7 heteroatoms. The minimum atomic E-state index is -0.473. The van der Waals surface area contributed by atoms with Crippen molar-refractivity contribution in [1.82, 2.24) is 14.8 Å². The maximum Gasteiger partial charge on any atom is 0.339 e. The first-order valence-corrected chi connectivity index (χ1v) is 7.35. The van der Waals surface area contributed by atoms with Gasteiger partial charge in [-0.25, -0.2) is 9.78 Å². The van der Waals surface area contributed by atoms with Gasteiger partial charge in [-0.15, -0.1) is 0 Å². The van der Waals surface area contributed by atoms with Gasteiger partial charge in [-0.2, -0.15) is 5.10 Å². The number of rotatable bonds is 6. The number of carbonyl (C=O) groups is 2. The van der Waals surface area contributed by atoms with Gasteiger partial charge in [0.25, 0.3) is 0 Å². The number of aryl methyl sites for hydroxylation is 1. The molecule has 0 aliphatic rings. The summed E-state index contributed by atoms with van der Waals surface area (Å²) < 4.78 is 6.37. The maximum atomic E-state index is 12.1. The number of aromatic nitrogens is 3. The first-order valence-electron chi connectivity index (χ1n) is 7.35. The summed E-state index contributed by atoms with van der Waals surface area (Å²) in [5, 5.41) is 6.69. The Morgan fingerprint density at radius 2 is 2.13 bits per heavy atom. The lowest BCUT2D eigenvalue weighted by atomic mass is 9.99. The number of esters is 1. The molecule has 0 aliphatic heterocycles. The lowest BCUT2D eigenvalue weighted by Gasteiger charge is -2.13. The summed E-state index contributed by atoms with van der Waals surface area (Å²) in [6.45, 7) is 4.49. The zero-order chi connectivity index (χ0) is 16.8. The number of amides is 1. The molecule has 0 atom stereocenters. The van der Waals surface area contributed by atoms with Crippen LogP contribution in [-0.4, -0.2) is 33.8 Å². The van der Waals surface area contributed by atoms with Gasteiger partial charge in [0.1, 0.15) is 12.7 Å². The number of methoxy groups -OCH3 is 1. The van der Waals surface area contributed by atoms with E-state index >= 15 is 0 Å². The van der Waals surface area contributed by atoms with E-state index in [-0.39, 0.29) is 18.2 Å². The van der Waals surface area contributed by atoms with Gasteiger partial charge in [-0.05, 0) is 23.6 Å². The van der Waals surface area contributed by atoms with Gasteiger partial charge in [0.15, 0.2) is 0 Å². The molecule has 1 N–H and O–H groups in total. The molecule has 0 fully saturated rings. The van der Waals surface area contributed by atoms with Crippen LogP contribution in [0, 0.1) is 0 Å². The zero-order valence-electron chi connectivity index (χ0n) is 13.4. The van der Waals surface area contributed by atoms with E-state index in [9.17, 15) is 9.59 Å². The second-order valence-electron chi connectivity index (χ2n) is 5.41. The Bertz CT molecular complexity index is 681. The van der Waals surface area contributed by atoms with Crippen LogP contribution in [0.4, 0.5) is 5.69 Å². The highest BCUT2D eigenvalue weighted by atomic mass is 16.5. The minimum absolute atomic E-state index is 0.206. The summed E-state index contributed by atoms with van der Waals surface area (Å²) in [7, 11) is 1.32. The quantitative estimate of drug-likeness (QED) is 0.826. The van der Waals surface area contributed by atoms with E-state index in [1.807, 2.05) is 19.9 Å². The molecular formula is C16H20N4O3. The number of nitrogens with zero attached hydrogens (tertiary/aromatic N) is 3. The van der Waals surface area contributed by atoms with Crippen LogP contribution in [0.3, 0.4) is 0 Å². The molecule has 2 rings (SSSR count). The molecule has 122 valence electrons. The van der Waals surface area contributed by atoms with Crippen LogP contribution in [0.2, 0.25) is 0 Å². The lowest BCUT2D eigenvalue weighted by molar-refractivity contribution is -0.116. The molecule has 1 aromatic heterocycles. The molecular weight excluding hydrogens is 296 g/mol. The third-order valence-corrected chi connectivity index (χ3v) is 3.42. The Morgan fingerprint density at radius 3 is 2.74 bits per heavy atom. The summed E-state index contributed by atoms with van der Waals surface area (Å²) in [6.07, 6.45) is 3.19. The van der Waals surface area contributed by atoms with Crippen LogP contribution >= 0.6 is 0 Å². The molecule has 1 aromatic carbocycles. The Kier molecular flexibility index (Phi) is 5.46. The fourth-order valence-electron chi connectivity index (χ4n) is 2.09. The molecule has 0 saturated carbocycles. The van der Waals surface area contributed by atoms with E-state index in [0.29, 0.717) is 17.8 Å². The Morgan fingerprint density at radius 1 is 1.35 bits per heavy atom. The van der Waals surface area contributed by atoms with Crippen LogP contribution in [0.15, 0.2) is 30.9 Å². The van der Waals surface area contributed by atoms with Gasteiger partial charge < -0.3 is 10.1 Å². The molecule has 2 aromatic rings. The molecule has 0 unspecified atom stereocenters. The molecule has 1 amide bonds. The summed E-state index contributed by atoms with van der Waals surface area (Å²) in [6, 6.07) is 5.38. The Hall–Kier alpha value is -2.70. The number of ether oxygens (including phenoxy) is 1. The van der Waals surface area contributed by atoms with Gasteiger partial charge in [0, 0.05) is 6.42 Å². The van der Waals surface area contributed by atoms with Gasteiger partial charge in [-0.1, -0.05) is 19.9 Å². The number of nitrogens with one attached hydrogen (secondary N) is 1. The van der Waals surface area contributed by atoms with Crippen molar-refractivity contribution in [3.05, 3.63) is 42.0 Å². The van der Waals surface area contributed by atoms with E-state index in [4.69, 9.17) is 4.74 Å². The highest BCUT2D eigenvalue weighted by Gasteiger charge is 2.16. The number of hydrogen-bond acceptors (Lipinski definition) is 5. The van der Waals surface area contributed by atoms with Gasteiger partial charge in [0.2, 0.25) is 5.91 Å². The first kappa shape index (κ1) is 16.7. The van der Waals surface area contributed by atoms with E-state index < -0.39 is 5.97 Å². The summed E-state index contributed by atoms with van der Waals surface area (Å²) in [4.78, 5) is 27.8. The van der Waals surface area contributed by atoms with Crippen molar-refractivity contribution >= 4 is 17.6 Å². The van der Waals surface area contributed by atoms with Crippen molar-refractivity contribution < 1.29 is 14.3 Å². The molecule has 23 heavy (non-hydrogen) atoms. The average molecular weight is 316 g/mol. The van der Waals surface area contributed by atoms with E-state index in [1.165, 1.54) is 13.4 Å². The van der Waals surface area contributed by atoms with Crippen molar-refractivity contribution in [2.75, 3.05) is 12.4 Å². The van der Waals surface area contributed by atoms with Crippen molar-refractivity contribution in [3.8, 4) is 0 Å². The van der Waals surface area contributed by atoms with Crippen LogP contribution in [-0.2, 0) is 16.1 Å². The van der Waals surface area contributed by atoms with E-state index in [0.717, 1.165) is 5.56 Å². The highest BCUT2D eigenvalue weighted by molar-refractivity contribution is 6.01. The Labute approximate surface area is 134 Å². The van der Waals surface area contributed by atoms with Crippen molar-refractivity contribution in [1.29, 1.82) is 0 Å². The highest BCUT2D eigenvalue weighted by Crippen LogP contribution is 2.23. The third kappa shape index (κ3) is 4.38. The smallest absolute Gasteiger partial charge is 0.339 e. The Balaban J connectivity index is 2.11. The molecule has 0 saturated heterocycles. The second kappa shape index (κ2) is 7.53. The normalized spacial score (nSPS) is 10.6. The fraction of sp³-hybridized carbons (Fsp3) is 0.375. The van der Waals surface area contributed by atoms with Gasteiger partial charge in [-0.3, -0.25) is 9.48 Å². The average Bonchev–Trinajstić information content (AvgIpc) is 3.05. The van der Waals surface area contributed by atoms with Gasteiger partial charge >= 0.3 is 5.97 Å². The predicted molar refractivity (Wildman–Crippen MR) is 85.1 cm³/mol. The topological polar surface area (TPSA) is 86.1 Å². The molecule has 0 spiro atoms. The molecule has 0 aliphatic carbocycles. The molecule has 0 bridgehead atoms. The van der Waals surface area contributed by atoms with Crippen molar-refractivity contribution in [3.63, 3.8) is 0 Å². The van der Waals surface area contributed by atoms with Crippen LogP contribution in [0.1, 0.15) is 42.1 Å². The van der Waals surface area contributed by atoms with Crippen molar-refractivity contribution in [2.24, 2.45) is 0 Å². The lowest BCUT2D eigenvalue weighted by Crippen LogP contribution is -2.17. The number of benzene rings is 1. The monoisotopic (exact) mass is 316 g/mol. The SMILES string of the molecule is COC(=O)c1cc(C(C)C)ccc1NC(=O)CCn1cncn1. The first-order chi connectivity index (χ1) is 11.0. The standard InChI is InChI=1S/C16H20N4O3/c1-11(2)12-4-5-14(13(8-12)16(22)23-3)19-15(21)6-7-20-10-17-9-18-20/h4-5,8-11H,6-7H2,1-3H3,(H,19,21). The van der Waals surface area contributed by atoms with Crippen molar-refractivity contribution in [2.45, 2.75) is 32.7 Å². The largest absolute Gasteiger partial charge is 0.465 e. The summed E-state index contributed by atoms with van der Waals surface area (Å²) in [5.74, 6) is -0.405. The van der Waals surface area contributed by atoms with Crippen LogP contribution < -0.4 is 5.32 Å². The zero-order valence-corrected chi connectivity index (χ0v) is 13.4. The number of hydrogen-bond donors (Lipinski definition) is 1. The minimum Gasteiger partial charge on any atom is -0.465 e. The molecule has 7 nitrogen and oxygen atoms in total.